The van der Waals surface area contributed by atoms with E-state index in [-0.39, 0.29) is 31.3 Å². The first-order valence-corrected chi connectivity index (χ1v) is 12.0. The fourth-order valence-corrected chi connectivity index (χ4v) is 4.25. The Kier molecular flexibility index (Phi) is 9.10. The van der Waals surface area contributed by atoms with Gasteiger partial charge in [0.25, 0.3) is 5.91 Å². The summed E-state index contributed by atoms with van der Waals surface area (Å²) in [5, 5.41) is 2.74. The van der Waals surface area contributed by atoms with E-state index in [1.165, 1.54) is 18.9 Å². The Morgan fingerprint density at radius 1 is 1.00 bits per heavy atom. The number of ether oxygens (including phenoxy) is 2. The SMILES string of the molecule is COC(=O)C(Cc1ccc(OC)cc1)NC(=O)C1CN(C(=O)c2ccc(N(C)C)cc2)CCN1C(C)=O. The predicted molar refractivity (Wildman–Crippen MR) is 138 cm³/mol. The lowest BCUT2D eigenvalue weighted by Gasteiger charge is -2.40. The Bertz CT molecular complexity index is 1120. The van der Waals surface area contributed by atoms with Crippen LogP contribution in [0.4, 0.5) is 5.69 Å². The number of rotatable bonds is 8. The van der Waals surface area contributed by atoms with Gasteiger partial charge in [-0.2, -0.15) is 0 Å². The van der Waals surface area contributed by atoms with E-state index in [9.17, 15) is 19.2 Å². The van der Waals surface area contributed by atoms with Crippen molar-refractivity contribution in [2.24, 2.45) is 0 Å². The highest BCUT2D eigenvalue weighted by atomic mass is 16.5. The number of esters is 1. The maximum atomic E-state index is 13.4. The third-order valence-corrected chi connectivity index (χ3v) is 6.41. The van der Waals surface area contributed by atoms with Gasteiger partial charge in [-0.05, 0) is 42.0 Å². The molecule has 1 saturated heterocycles. The number of anilines is 1. The number of hydrogen-bond acceptors (Lipinski definition) is 7. The number of hydrogen-bond donors (Lipinski definition) is 1. The highest BCUT2D eigenvalue weighted by Gasteiger charge is 2.37. The molecule has 1 N–H and O–H groups in total. The lowest BCUT2D eigenvalue weighted by atomic mass is 10.0. The standard InChI is InChI=1S/C27H34N4O6/c1-18(32)31-15-14-30(26(34)20-8-10-21(11-9-20)29(2)3)17-24(31)25(33)28-23(27(35)37-5)16-19-6-12-22(36-4)13-7-19/h6-13,23-24H,14-17H2,1-5H3,(H,28,33). The van der Waals surface area contributed by atoms with Gasteiger partial charge < -0.3 is 29.5 Å². The van der Waals surface area contributed by atoms with Crippen molar-refractivity contribution in [1.82, 2.24) is 15.1 Å². The zero-order chi connectivity index (χ0) is 27.1. The average molecular weight is 511 g/mol. The smallest absolute Gasteiger partial charge is 0.328 e. The van der Waals surface area contributed by atoms with Crippen molar-refractivity contribution in [2.45, 2.75) is 25.4 Å². The fourth-order valence-electron chi connectivity index (χ4n) is 4.25. The van der Waals surface area contributed by atoms with Gasteiger partial charge in [0.15, 0.2) is 0 Å². The van der Waals surface area contributed by atoms with E-state index in [0.717, 1.165) is 11.3 Å². The van der Waals surface area contributed by atoms with Gasteiger partial charge in [0.2, 0.25) is 11.8 Å². The molecule has 0 aliphatic carbocycles. The zero-order valence-corrected chi connectivity index (χ0v) is 21.9. The molecule has 0 saturated carbocycles. The predicted octanol–water partition coefficient (Wildman–Crippen LogP) is 1.33. The maximum absolute atomic E-state index is 13.4. The first-order valence-electron chi connectivity index (χ1n) is 12.0. The minimum atomic E-state index is -0.968. The second-order valence-electron chi connectivity index (χ2n) is 9.06. The van der Waals surface area contributed by atoms with Crippen molar-refractivity contribution in [2.75, 3.05) is 52.8 Å². The lowest BCUT2D eigenvalue weighted by Crippen LogP contribution is -2.62. The van der Waals surface area contributed by atoms with Crippen molar-refractivity contribution in [3.8, 4) is 5.75 Å². The summed E-state index contributed by atoms with van der Waals surface area (Å²) in [6.45, 7) is 1.89. The summed E-state index contributed by atoms with van der Waals surface area (Å²) in [4.78, 5) is 56.3. The third kappa shape index (κ3) is 6.78. The van der Waals surface area contributed by atoms with Crippen molar-refractivity contribution >= 4 is 29.4 Å². The van der Waals surface area contributed by atoms with Gasteiger partial charge in [0.05, 0.1) is 20.8 Å². The summed E-state index contributed by atoms with van der Waals surface area (Å²) in [5.41, 5.74) is 2.25. The number of carbonyl (C=O) groups is 4. The van der Waals surface area contributed by atoms with Crippen LogP contribution in [0.1, 0.15) is 22.8 Å². The van der Waals surface area contributed by atoms with Crippen LogP contribution in [-0.2, 0) is 25.5 Å². The molecule has 2 aromatic rings. The zero-order valence-electron chi connectivity index (χ0n) is 21.9. The van der Waals surface area contributed by atoms with Crippen LogP contribution in [0, 0.1) is 0 Å². The molecule has 0 radical (unpaired) electrons. The molecule has 3 amide bonds. The molecule has 0 spiro atoms. The van der Waals surface area contributed by atoms with Gasteiger partial charge in [0, 0.05) is 51.8 Å². The quantitative estimate of drug-likeness (QED) is 0.534. The maximum Gasteiger partial charge on any atom is 0.328 e. The van der Waals surface area contributed by atoms with Gasteiger partial charge in [-0.15, -0.1) is 0 Å². The molecule has 0 aromatic heterocycles. The number of methoxy groups -OCH3 is 2. The monoisotopic (exact) mass is 510 g/mol. The van der Waals surface area contributed by atoms with Crippen molar-refractivity contribution in [3.05, 3.63) is 59.7 Å². The number of nitrogens with zero attached hydrogens (tertiary/aromatic N) is 3. The second-order valence-corrected chi connectivity index (χ2v) is 9.06. The summed E-state index contributed by atoms with van der Waals surface area (Å²) in [7, 11) is 6.64. The molecule has 1 fully saturated rings. The molecule has 2 atom stereocenters. The minimum absolute atomic E-state index is 0.0100. The molecule has 2 unspecified atom stereocenters. The summed E-state index contributed by atoms with van der Waals surface area (Å²) < 4.78 is 10.1. The summed E-state index contributed by atoms with van der Waals surface area (Å²) >= 11 is 0. The van der Waals surface area contributed by atoms with E-state index in [1.807, 2.05) is 31.1 Å². The van der Waals surface area contributed by atoms with Gasteiger partial charge in [-0.25, -0.2) is 4.79 Å². The normalized spacial score (nSPS) is 16.0. The minimum Gasteiger partial charge on any atom is -0.497 e. The van der Waals surface area contributed by atoms with Crippen LogP contribution >= 0.6 is 0 Å². The topological polar surface area (TPSA) is 108 Å². The van der Waals surface area contributed by atoms with Crippen molar-refractivity contribution < 1.29 is 28.7 Å². The van der Waals surface area contributed by atoms with Crippen LogP contribution in [0.15, 0.2) is 48.5 Å². The molecular weight excluding hydrogens is 476 g/mol. The van der Waals surface area contributed by atoms with Crippen LogP contribution in [0.5, 0.6) is 5.75 Å². The van der Waals surface area contributed by atoms with Crippen LogP contribution in [-0.4, -0.2) is 93.5 Å². The van der Waals surface area contributed by atoms with E-state index in [0.29, 0.717) is 17.9 Å². The van der Waals surface area contributed by atoms with Gasteiger partial charge in [-0.3, -0.25) is 14.4 Å². The molecule has 1 aliphatic heterocycles. The van der Waals surface area contributed by atoms with Crippen molar-refractivity contribution in [3.63, 3.8) is 0 Å². The van der Waals surface area contributed by atoms with E-state index in [1.54, 1.807) is 48.4 Å². The third-order valence-electron chi connectivity index (χ3n) is 6.41. The molecule has 1 heterocycles. The van der Waals surface area contributed by atoms with E-state index < -0.39 is 24.0 Å². The van der Waals surface area contributed by atoms with Crippen LogP contribution in [0.25, 0.3) is 0 Å². The Morgan fingerprint density at radius 2 is 1.65 bits per heavy atom. The first kappa shape index (κ1) is 27.5. The summed E-state index contributed by atoms with van der Waals surface area (Å²) in [6.07, 6.45) is 0.191. The van der Waals surface area contributed by atoms with Gasteiger partial charge in [-0.1, -0.05) is 12.1 Å². The van der Waals surface area contributed by atoms with Gasteiger partial charge >= 0.3 is 5.97 Å². The summed E-state index contributed by atoms with van der Waals surface area (Å²) in [5.74, 6) is -0.980. The molecule has 1 aliphatic rings. The highest BCUT2D eigenvalue weighted by molar-refractivity contribution is 5.96. The molecule has 2 aromatic carbocycles. The molecule has 10 heteroatoms. The highest BCUT2D eigenvalue weighted by Crippen LogP contribution is 2.18. The van der Waals surface area contributed by atoms with Crippen LogP contribution in [0.2, 0.25) is 0 Å². The van der Waals surface area contributed by atoms with Gasteiger partial charge in [0.1, 0.15) is 17.8 Å². The van der Waals surface area contributed by atoms with E-state index >= 15 is 0 Å². The molecule has 37 heavy (non-hydrogen) atoms. The van der Waals surface area contributed by atoms with Crippen LogP contribution in [0.3, 0.4) is 0 Å². The lowest BCUT2D eigenvalue weighted by molar-refractivity contribution is -0.147. The largest absolute Gasteiger partial charge is 0.497 e. The Morgan fingerprint density at radius 3 is 2.19 bits per heavy atom. The molecule has 3 rings (SSSR count). The first-order chi connectivity index (χ1) is 17.6. The number of benzene rings is 2. The Balaban J connectivity index is 1.76. The molecule has 10 nitrogen and oxygen atoms in total. The van der Waals surface area contributed by atoms with E-state index in [2.05, 4.69) is 5.32 Å². The fraction of sp³-hybridized carbons (Fsp3) is 0.407. The number of piperazine rings is 1. The average Bonchev–Trinajstić information content (AvgIpc) is 2.91. The molecule has 0 bridgehead atoms. The number of carbonyl (C=O) groups excluding carboxylic acids is 4. The summed E-state index contributed by atoms with van der Waals surface area (Å²) in [6, 6.07) is 12.4. The number of nitrogens with one attached hydrogen (secondary N) is 1. The molecular formula is C27H34N4O6. The van der Waals surface area contributed by atoms with Crippen LogP contribution < -0.4 is 15.0 Å². The Hall–Kier alpha value is -4.08. The van der Waals surface area contributed by atoms with E-state index in [4.69, 9.17) is 9.47 Å². The Labute approximate surface area is 217 Å². The van der Waals surface area contributed by atoms with Crippen molar-refractivity contribution in [1.29, 1.82) is 0 Å². The second kappa shape index (κ2) is 12.2. The number of amides is 3. The molecule has 198 valence electrons.